The number of ketones is 1. The normalized spacial score (nSPS) is 17.0. The van der Waals surface area contributed by atoms with Crippen LogP contribution in [0.4, 0.5) is 0 Å². The average Bonchev–Trinajstić information content (AvgIpc) is 2.64. The van der Waals surface area contributed by atoms with Gasteiger partial charge in [-0.25, -0.2) is 0 Å². The number of Topliss-reactive ketones (excluding diaryl/α,β-unsaturated/α-hetero) is 1. The van der Waals surface area contributed by atoms with Crippen LogP contribution in [0.25, 0.3) is 0 Å². The van der Waals surface area contributed by atoms with Gasteiger partial charge in [0.15, 0.2) is 5.78 Å². The first-order valence-electron chi connectivity index (χ1n) is 6.41. The summed E-state index contributed by atoms with van der Waals surface area (Å²) in [5.74, 6) is 1.47. The van der Waals surface area contributed by atoms with Gasteiger partial charge in [0, 0.05) is 35.2 Å². The Balaban J connectivity index is 2.43. The molecule has 1 aromatic heterocycles. The summed E-state index contributed by atoms with van der Waals surface area (Å²) in [6.07, 6.45) is 6.11. The van der Waals surface area contributed by atoms with E-state index in [0.717, 1.165) is 37.0 Å². The van der Waals surface area contributed by atoms with Gasteiger partial charge < -0.3 is 4.57 Å². The molecule has 0 spiro atoms. The van der Waals surface area contributed by atoms with Crippen LogP contribution in [0.3, 0.4) is 0 Å². The van der Waals surface area contributed by atoms with Gasteiger partial charge in [0.2, 0.25) is 0 Å². The Kier molecular flexibility index (Phi) is 3.97. The summed E-state index contributed by atoms with van der Waals surface area (Å²) in [6.45, 7) is 4.37. The number of aryl methyl sites for hydroxylation is 1. The van der Waals surface area contributed by atoms with E-state index in [4.69, 9.17) is 0 Å². The monoisotopic (exact) mass is 251 g/mol. The smallest absolute Gasteiger partial charge is 0.164 e. The summed E-state index contributed by atoms with van der Waals surface area (Å²) < 4.78 is 2.42. The molecule has 1 atom stereocenters. The highest BCUT2D eigenvalue weighted by molar-refractivity contribution is 7.98. The van der Waals surface area contributed by atoms with E-state index in [9.17, 15) is 4.79 Å². The second kappa shape index (κ2) is 5.30. The Hall–Kier alpha value is -0.700. The molecule has 0 saturated heterocycles. The molecule has 1 heterocycles. The molecular formula is C14H21NOS. The maximum atomic E-state index is 11.9. The largest absolute Gasteiger partial charge is 0.344 e. The quantitative estimate of drug-likeness (QED) is 0.815. The van der Waals surface area contributed by atoms with Crippen molar-refractivity contribution in [3.05, 3.63) is 23.0 Å². The zero-order valence-electron chi connectivity index (χ0n) is 11.0. The SMILES string of the molecule is CCC(CSC)n1c(C)cc2c1CCCC2=O. The lowest BCUT2D eigenvalue weighted by atomic mass is 9.96. The molecule has 1 unspecified atom stereocenters. The maximum absolute atomic E-state index is 11.9. The Morgan fingerprint density at radius 1 is 1.47 bits per heavy atom. The molecule has 0 amide bonds. The first-order valence-corrected chi connectivity index (χ1v) is 7.81. The van der Waals surface area contributed by atoms with E-state index in [1.165, 1.54) is 11.4 Å². The molecule has 1 aliphatic rings. The van der Waals surface area contributed by atoms with Crippen molar-refractivity contribution < 1.29 is 4.79 Å². The zero-order chi connectivity index (χ0) is 12.4. The molecule has 2 rings (SSSR count). The van der Waals surface area contributed by atoms with E-state index < -0.39 is 0 Å². The molecule has 1 aromatic rings. The molecule has 0 bridgehead atoms. The molecule has 1 aliphatic carbocycles. The first kappa shape index (κ1) is 12.7. The summed E-state index contributed by atoms with van der Waals surface area (Å²) in [5, 5.41) is 0. The Bertz CT molecular complexity index is 422. The zero-order valence-corrected chi connectivity index (χ0v) is 11.8. The summed E-state index contributed by atoms with van der Waals surface area (Å²) in [6, 6.07) is 2.64. The van der Waals surface area contributed by atoms with Crippen LogP contribution in [0.2, 0.25) is 0 Å². The molecule has 0 radical (unpaired) electrons. The van der Waals surface area contributed by atoms with E-state index in [1.807, 2.05) is 11.8 Å². The minimum atomic E-state index is 0.340. The number of nitrogens with zero attached hydrogens (tertiary/aromatic N) is 1. The van der Waals surface area contributed by atoms with Crippen molar-refractivity contribution in [2.75, 3.05) is 12.0 Å². The lowest BCUT2D eigenvalue weighted by Crippen LogP contribution is -2.18. The highest BCUT2D eigenvalue weighted by Crippen LogP contribution is 2.30. The number of hydrogen-bond donors (Lipinski definition) is 0. The maximum Gasteiger partial charge on any atom is 0.164 e. The van der Waals surface area contributed by atoms with Crippen LogP contribution < -0.4 is 0 Å². The predicted molar refractivity (Wildman–Crippen MR) is 74.1 cm³/mol. The summed E-state index contributed by atoms with van der Waals surface area (Å²) in [4.78, 5) is 11.9. The van der Waals surface area contributed by atoms with Crippen LogP contribution in [-0.2, 0) is 6.42 Å². The summed E-state index contributed by atoms with van der Waals surface area (Å²) in [7, 11) is 0. The van der Waals surface area contributed by atoms with Gasteiger partial charge in [0.25, 0.3) is 0 Å². The van der Waals surface area contributed by atoms with Crippen LogP contribution in [0, 0.1) is 6.92 Å². The van der Waals surface area contributed by atoms with Gasteiger partial charge in [0.1, 0.15) is 0 Å². The number of carbonyl (C=O) groups excluding carboxylic acids is 1. The van der Waals surface area contributed by atoms with Crippen LogP contribution in [-0.4, -0.2) is 22.4 Å². The molecule has 94 valence electrons. The Labute approximate surface area is 108 Å². The average molecular weight is 251 g/mol. The van der Waals surface area contributed by atoms with Crippen LogP contribution >= 0.6 is 11.8 Å². The topological polar surface area (TPSA) is 22.0 Å². The van der Waals surface area contributed by atoms with Crippen molar-refractivity contribution in [2.24, 2.45) is 0 Å². The fourth-order valence-electron chi connectivity index (χ4n) is 2.83. The highest BCUT2D eigenvalue weighted by Gasteiger charge is 2.25. The third kappa shape index (κ3) is 2.30. The first-order chi connectivity index (χ1) is 8.19. The second-order valence-corrected chi connectivity index (χ2v) is 5.72. The van der Waals surface area contributed by atoms with E-state index in [-0.39, 0.29) is 0 Å². The number of aromatic nitrogens is 1. The molecule has 0 aromatic carbocycles. The van der Waals surface area contributed by atoms with Gasteiger partial charge in [-0.15, -0.1) is 0 Å². The molecule has 3 heteroatoms. The van der Waals surface area contributed by atoms with Gasteiger partial charge in [-0.2, -0.15) is 11.8 Å². The number of fused-ring (bicyclic) bond motifs is 1. The van der Waals surface area contributed by atoms with Gasteiger partial charge >= 0.3 is 0 Å². The number of carbonyl (C=O) groups is 1. The van der Waals surface area contributed by atoms with Crippen molar-refractivity contribution in [1.82, 2.24) is 4.57 Å². The second-order valence-electron chi connectivity index (χ2n) is 4.81. The number of thioether (sulfide) groups is 1. The van der Waals surface area contributed by atoms with Crippen LogP contribution in [0.5, 0.6) is 0 Å². The van der Waals surface area contributed by atoms with E-state index in [0.29, 0.717) is 11.8 Å². The summed E-state index contributed by atoms with van der Waals surface area (Å²) >= 11 is 1.89. The lowest BCUT2D eigenvalue weighted by Gasteiger charge is -2.23. The molecule has 0 saturated carbocycles. The Morgan fingerprint density at radius 2 is 2.24 bits per heavy atom. The minimum absolute atomic E-state index is 0.340. The van der Waals surface area contributed by atoms with E-state index in [1.54, 1.807) is 0 Å². The van der Waals surface area contributed by atoms with E-state index >= 15 is 0 Å². The molecular weight excluding hydrogens is 230 g/mol. The lowest BCUT2D eigenvalue weighted by molar-refractivity contribution is 0.0971. The van der Waals surface area contributed by atoms with Gasteiger partial charge in [-0.1, -0.05) is 6.92 Å². The summed E-state index contributed by atoms with van der Waals surface area (Å²) in [5.41, 5.74) is 3.54. The predicted octanol–water partition coefficient (Wildman–Crippen LogP) is 3.63. The fraction of sp³-hybridized carbons (Fsp3) is 0.643. The fourth-order valence-corrected chi connectivity index (χ4v) is 3.60. The van der Waals surface area contributed by atoms with Crippen molar-refractivity contribution in [2.45, 2.75) is 45.6 Å². The van der Waals surface area contributed by atoms with E-state index in [2.05, 4.69) is 30.7 Å². The van der Waals surface area contributed by atoms with Crippen LogP contribution in [0.1, 0.15) is 54.0 Å². The number of hydrogen-bond acceptors (Lipinski definition) is 2. The van der Waals surface area contributed by atoms with Gasteiger partial charge in [-0.3, -0.25) is 4.79 Å². The van der Waals surface area contributed by atoms with Crippen molar-refractivity contribution >= 4 is 17.5 Å². The molecule has 0 N–H and O–H groups in total. The van der Waals surface area contributed by atoms with Crippen LogP contribution in [0.15, 0.2) is 6.07 Å². The van der Waals surface area contributed by atoms with Crippen molar-refractivity contribution in [3.8, 4) is 0 Å². The van der Waals surface area contributed by atoms with Gasteiger partial charge in [-0.05, 0) is 38.5 Å². The highest BCUT2D eigenvalue weighted by atomic mass is 32.2. The molecule has 17 heavy (non-hydrogen) atoms. The Morgan fingerprint density at radius 3 is 2.88 bits per heavy atom. The van der Waals surface area contributed by atoms with Crippen molar-refractivity contribution in [1.29, 1.82) is 0 Å². The minimum Gasteiger partial charge on any atom is -0.344 e. The standard InChI is InChI=1S/C14H21NOS/c1-4-11(9-17-3)15-10(2)8-12-13(15)6-5-7-14(12)16/h8,11H,4-7,9H2,1-3H3. The molecule has 0 fully saturated rings. The third-order valence-corrected chi connectivity index (χ3v) is 4.37. The third-order valence-electron chi connectivity index (χ3n) is 3.65. The molecule has 2 nitrogen and oxygen atoms in total. The molecule has 0 aliphatic heterocycles. The van der Waals surface area contributed by atoms with Crippen molar-refractivity contribution in [3.63, 3.8) is 0 Å². The van der Waals surface area contributed by atoms with Gasteiger partial charge in [0.05, 0.1) is 0 Å². The number of rotatable bonds is 4.